The molecule has 1 aliphatic heterocycles. The normalized spacial score (nSPS) is 18.2. The minimum Gasteiger partial charge on any atom is -0.439 e. The van der Waals surface area contributed by atoms with E-state index >= 15 is 0 Å². The quantitative estimate of drug-likeness (QED) is 0.636. The minimum absolute atomic E-state index is 0.285. The average molecular weight is 379 g/mol. The highest BCUT2D eigenvalue weighted by Gasteiger charge is 2.51. The van der Waals surface area contributed by atoms with E-state index in [1.807, 2.05) is 18.2 Å². The Morgan fingerprint density at radius 2 is 1.82 bits per heavy atom. The maximum atomic E-state index is 12.8. The van der Waals surface area contributed by atoms with E-state index in [1.54, 1.807) is 24.3 Å². The van der Waals surface area contributed by atoms with Crippen LogP contribution in [0.5, 0.6) is 11.6 Å². The van der Waals surface area contributed by atoms with Crippen LogP contribution in [0, 0.1) is 0 Å². The lowest BCUT2D eigenvalue weighted by Gasteiger charge is -2.30. The summed E-state index contributed by atoms with van der Waals surface area (Å²) in [6.45, 7) is -0.285. The highest BCUT2D eigenvalue weighted by molar-refractivity contribution is 6.11. The van der Waals surface area contributed by atoms with Crippen molar-refractivity contribution in [3.05, 3.63) is 54.2 Å². The Labute approximate surface area is 162 Å². The molecule has 0 atom stereocenters. The van der Waals surface area contributed by atoms with Gasteiger partial charge in [-0.3, -0.25) is 14.5 Å². The molecule has 7 nitrogen and oxygen atoms in total. The average Bonchev–Trinajstić information content (AvgIpc) is 2.94. The molecule has 4 rings (SSSR count). The van der Waals surface area contributed by atoms with Gasteiger partial charge in [0, 0.05) is 17.8 Å². The van der Waals surface area contributed by atoms with Gasteiger partial charge in [0.25, 0.3) is 5.91 Å². The number of aromatic nitrogens is 1. The van der Waals surface area contributed by atoms with Gasteiger partial charge in [0.2, 0.25) is 5.88 Å². The number of urea groups is 1. The lowest BCUT2D eigenvalue weighted by Crippen LogP contribution is -2.48. The molecule has 1 saturated heterocycles. The smallest absolute Gasteiger partial charge is 0.325 e. The van der Waals surface area contributed by atoms with Gasteiger partial charge in [0.15, 0.2) is 5.78 Å². The molecule has 0 radical (unpaired) electrons. The summed E-state index contributed by atoms with van der Waals surface area (Å²) < 4.78 is 5.60. The number of ketones is 1. The third-order valence-corrected chi connectivity index (χ3v) is 5.28. The Morgan fingerprint density at radius 3 is 2.50 bits per heavy atom. The summed E-state index contributed by atoms with van der Waals surface area (Å²) in [5.74, 6) is 0.378. The zero-order valence-corrected chi connectivity index (χ0v) is 15.4. The van der Waals surface area contributed by atoms with Crippen LogP contribution in [0.4, 0.5) is 4.79 Å². The van der Waals surface area contributed by atoms with Crippen LogP contribution in [0.3, 0.4) is 0 Å². The number of para-hydroxylation sites is 1. The van der Waals surface area contributed by atoms with Gasteiger partial charge in [-0.05, 0) is 31.0 Å². The number of carbonyl (C=O) groups is 3. The molecule has 2 aliphatic rings. The topological polar surface area (TPSA) is 88.6 Å². The van der Waals surface area contributed by atoms with Crippen molar-refractivity contribution in [1.82, 2.24) is 15.2 Å². The number of ether oxygens (including phenoxy) is 1. The third kappa shape index (κ3) is 3.47. The van der Waals surface area contributed by atoms with E-state index in [0.29, 0.717) is 30.0 Å². The van der Waals surface area contributed by atoms with Crippen LogP contribution in [0.2, 0.25) is 0 Å². The van der Waals surface area contributed by atoms with Crippen LogP contribution in [0.15, 0.2) is 48.7 Å². The van der Waals surface area contributed by atoms with Gasteiger partial charge in [0.1, 0.15) is 11.3 Å². The van der Waals surface area contributed by atoms with Gasteiger partial charge >= 0.3 is 6.03 Å². The predicted octanol–water partition coefficient (Wildman–Crippen LogP) is 3.31. The molecule has 28 heavy (non-hydrogen) atoms. The Bertz CT molecular complexity index is 890. The molecule has 2 fully saturated rings. The summed E-state index contributed by atoms with van der Waals surface area (Å²) in [6, 6.07) is 11.9. The van der Waals surface area contributed by atoms with Gasteiger partial charge in [0.05, 0.1) is 6.54 Å². The van der Waals surface area contributed by atoms with Gasteiger partial charge in [-0.15, -0.1) is 0 Å². The second-order valence-electron chi connectivity index (χ2n) is 7.19. The van der Waals surface area contributed by atoms with Crippen LogP contribution >= 0.6 is 0 Å². The van der Waals surface area contributed by atoms with E-state index in [-0.39, 0.29) is 18.2 Å². The number of benzene rings is 1. The molecular formula is C21H21N3O4. The van der Waals surface area contributed by atoms with Crippen molar-refractivity contribution in [2.75, 3.05) is 6.54 Å². The summed E-state index contributed by atoms with van der Waals surface area (Å²) in [5, 5.41) is 2.81. The molecule has 1 saturated carbocycles. The Morgan fingerprint density at radius 1 is 1.07 bits per heavy atom. The van der Waals surface area contributed by atoms with Gasteiger partial charge in [-0.2, -0.15) is 0 Å². The summed E-state index contributed by atoms with van der Waals surface area (Å²) in [5.41, 5.74) is -0.494. The molecule has 1 aromatic heterocycles. The first kappa shape index (κ1) is 18.2. The van der Waals surface area contributed by atoms with Crippen LogP contribution < -0.4 is 10.1 Å². The van der Waals surface area contributed by atoms with Crippen LogP contribution in [-0.2, 0) is 4.79 Å². The molecular weight excluding hydrogens is 358 g/mol. The Balaban J connectivity index is 1.42. The van der Waals surface area contributed by atoms with Crippen molar-refractivity contribution >= 4 is 17.7 Å². The van der Waals surface area contributed by atoms with Crippen molar-refractivity contribution in [2.24, 2.45) is 0 Å². The van der Waals surface area contributed by atoms with Crippen LogP contribution in [0.1, 0.15) is 42.5 Å². The number of amides is 3. The molecule has 3 amide bonds. The van der Waals surface area contributed by atoms with Crippen molar-refractivity contribution < 1.29 is 19.1 Å². The summed E-state index contributed by atoms with van der Waals surface area (Å²) in [7, 11) is 0. The summed E-state index contributed by atoms with van der Waals surface area (Å²) in [6.07, 6.45) is 5.54. The summed E-state index contributed by atoms with van der Waals surface area (Å²) >= 11 is 0. The lowest BCUT2D eigenvalue weighted by atomic mass is 9.82. The van der Waals surface area contributed by atoms with E-state index in [0.717, 1.165) is 24.2 Å². The Hall–Kier alpha value is -3.22. The van der Waals surface area contributed by atoms with Gasteiger partial charge < -0.3 is 10.1 Å². The molecule has 2 aromatic rings. The predicted molar refractivity (Wildman–Crippen MR) is 101 cm³/mol. The maximum Gasteiger partial charge on any atom is 0.325 e. The highest BCUT2D eigenvalue weighted by atomic mass is 16.5. The SMILES string of the molecule is O=C(CN1C(=O)NC2(CCCCC2)C1=O)c1ccc(Oc2ccccc2)nc1. The Kier molecular flexibility index (Phi) is 4.81. The number of carbonyl (C=O) groups excluding carboxylic acids is 3. The largest absolute Gasteiger partial charge is 0.439 e. The molecule has 0 bridgehead atoms. The van der Waals surface area contributed by atoms with Crippen molar-refractivity contribution in [2.45, 2.75) is 37.6 Å². The number of Topliss-reactive ketones (excluding diaryl/α,β-unsaturated/α-hetero) is 1. The maximum absolute atomic E-state index is 12.8. The van der Waals surface area contributed by atoms with Gasteiger partial charge in [-0.25, -0.2) is 9.78 Å². The van der Waals surface area contributed by atoms with E-state index in [9.17, 15) is 14.4 Å². The first-order valence-electron chi connectivity index (χ1n) is 9.44. The number of nitrogens with one attached hydrogen (secondary N) is 1. The van der Waals surface area contributed by atoms with E-state index < -0.39 is 11.6 Å². The molecule has 1 aromatic carbocycles. The number of nitrogens with zero attached hydrogens (tertiary/aromatic N) is 2. The van der Waals surface area contributed by atoms with Crippen molar-refractivity contribution in [3.63, 3.8) is 0 Å². The zero-order chi connectivity index (χ0) is 19.6. The fourth-order valence-corrected chi connectivity index (χ4v) is 3.76. The lowest BCUT2D eigenvalue weighted by molar-refractivity contribution is -0.132. The fourth-order valence-electron chi connectivity index (χ4n) is 3.76. The van der Waals surface area contributed by atoms with Crippen LogP contribution in [0.25, 0.3) is 0 Å². The summed E-state index contributed by atoms with van der Waals surface area (Å²) in [4.78, 5) is 42.8. The highest BCUT2D eigenvalue weighted by Crippen LogP contribution is 2.33. The molecule has 7 heteroatoms. The molecule has 1 spiro atoms. The molecule has 1 aliphatic carbocycles. The second kappa shape index (κ2) is 7.42. The third-order valence-electron chi connectivity index (χ3n) is 5.28. The standard InChI is InChI=1S/C21H21N3O4/c25-17(14-24-19(26)21(23-20(24)27)11-5-2-6-12-21)15-9-10-18(22-13-15)28-16-7-3-1-4-8-16/h1,3-4,7-10,13H,2,5-6,11-12,14H2,(H,23,27). The fraction of sp³-hybridized carbons (Fsp3) is 0.333. The monoisotopic (exact) mass is 379 g/mol. The molecule has 144 valence electrons. The first-order chi connectivity index (χ1) is 13.6. The zero-order valence-electron chi connectivity index (χ0n) is 15.4. The minimum atomic E-state index is -0.818. The number of hydrogen-bond donors (Lipinski definition) is 1. The molecule has 1 N–H and O–H groups in total. The van der Waals surface area contributed by atoms with Crippen molar-refractivity contribution in [3.8, 4) is 11.6 Å². The molecule has 2 heterocycles. The van der Waals surface area contributed by atoms with E-state index in [4.69, 9.17) is 4.74 Å². The number of rotatable bonds is 5. The van der Waals surface area contributed by atoms with E-state index in [2.05, 4.69) is 10.3 Å². The number of pyridine rings is 1. The van der Waals surface area contributed by atoms with Crippen molar-refractivity contribution in [1.29, 1.82) is 0 Å². The number of imide groups is 1. The van der Waals surface area contributed by atoms with Crippen LogP contribution in [-0.4, -0.2) is 39.7 Å². The van der Waals surface area contributed by atoms with E-state index in [1.165, 1.54) is 6.20 Å². The van der Waals surface area contributed by atoms with Gasteiger partial charge in [-0.1, -0.05) is 37.5 Å². The molecule has 0 unspecified atom stereocenters. The first-order valence-corrected chi connectivity index (χ1v) is 9.44. The number of hydrogen-bond acceptors (Lipinski definition) is 5. The second-order valence-corrected chi connectivity index (χ2v) is 7.19.